The summed E-state index contributed by atoms with van der Waals surface area (Å²) >= 11 is 7.61. The van der Waals surface area contributed by atoms with Crippen LogP contribution < -0.4 is 10.9 Å². The van der Waals surface area contributed by atoms with Crippen LogP contribution in [0.3, 0.4) is 0 Å². The summed E-state index contributed by atoms with van der Waals surface area (Å²) in [7, 11) is 0. The maximum Gasteiger partial charge on any atom is 0.220 e. The van der Waals surface area contributed by atoms with Crippen LogP contribution in [0.5, 0.6) is 0 Å². The van der Waals surface area contributed by atoms with Crippen molar-refractivity contribution in [3.63, 3.8) is 0 Å². The number of aromatic nitrogens is 2. The number of halogens is 1. The minimum absolute atomic E-state index is 0.678. The fraction of sp³-hybridized carbons (Fsp3) is 0.0667. The normalized spacial score (nSPS) is 10.5. The summed E-state index contributed by atoms with van der Waals surface area (Å²) in [5.74, 6) is 0. The van der Waals surface area contributed by atoms with E-state index in [0.717, 1.165) is 10.6 Å². The SMILES string of the molecule is Clc1ccccc1-c1nnc(NNCc2ccccc2)s1. The lowest BCUT2D eigenvalue weighted by Crippen LogP contribution is -2.20. The monoisotopic (exact) mass is 316 g/mol. The van der Waals surface area contributed by atoms with Crippen LogP contribution in [0.1, 0.15) is 5.56 Å². The highest BCUT2D eigenvalue weighted by Gasteiger charge is 2.09. The molecule has 0 aliphatic rings. The number of anilines is 1. The number of nitrogens with zero attached hydrogens (tertiary/aromatic N) is 2. The van der Waals surface area contributed by atoms with Gasteiger partial charge in [-0.15, -0.1) is 10.2 Å². The van der Waals surface area contributed by atoms with Gasteiger partial charge in [-0.1, -0.05) is 71.5 Å². The van der Waals surface area contributed by atoms with Gasteiger partial charge < -0.3 is 0 Å². The molecule has 0 unspecified atom stereocenters. The molecule has 1 heterocycles. The molecule has 6 heteroatoms. The zero-order chi connectivity index (χ0) is 14.5. The van der Waals surface area contributed by atoms with E-state index in [-0.39, 0.29) is 0 Å². The van der Waals surface area contributed by atoms with Crippen LogP contribution in [0.2, 0.25) is 5.02 Å². The third-order valence-corrected chi connectivity index (χ3v) is 4.06. The second kappa shape index (κ2) is 6.67. The van der Waals surface area contributed by atoms with Crippen LogP contribution in [0, 0.1) is 0 Å². The van der Waals surface area contributed by atoms with Gasteiger partial charge in [-0.05, 0) is 11.6 Å². The van der Waals surface area contributed by atoms with E-state index < -0.39 is 0 Å². The summed E-state index contributed by atoms with van der Waals surface area (Å²) in [4.78, 5) is 0. The fourth-order valence-corrected chi connectivity index (χ4v) is 2.87. The molecule has 3 aromatic rings. The molecule has 0 atom stereocenters. The fourth-order valence-electron chi connectivity index (χ4n) is 1.83. The van der Waals surface area contributed by atoms with Gasteiger partial charge in [0.05, 0.1) is 5.02 Å². The topological polar surface area (TPSA) is 49.8 Å². The Bertz CT molecular complexity index is 714. The Morgan fingerprint density at radius 2 is 1.71 bits per heavy atom. The summed E-state index contributed by atoms with van der Waals surface area (Å²) in [6, 6.07) is 17.8. The molecule has 3 rings (SSSR count). The van der Waals surface area contributed by atoms with Gasteiger partial charge in [0.1, 0.15) is 0 Å². The molecule has 4 nitrogen and oxygen atoms in total. The van der Waals surface area contributed by atoms with Crippen molar-refractivity contribution in [3.05, 3.63) is 65.2 Å². The molecule has 0 aliphatic heterocycles. The first-order chi connectivity index (χ1) is 10.3. The van der Waals surface area contributed by atoms with Gasteiger partial charge in [0.2, 0.25) is 5.13 Å². The van der Waals surface area contributed by atoms with Crippen molar-refractivity contribution in [1.82, 2.24) is 15.6 Å². The second-order valence-corrected chi connectivity index (χ2v) is 5.74. The number of rotatable bonds is 5. The molecule has 0 amide bonds. The molecular formula is C15H13ClN4S. The largest absolute Gasteiger partial charge is 0.295 e. The van der Waals surface area contributed by atoms with Gasteiger partial charge >= 0.3 is 0 Å². The smallest absolute Gasteiger partial charge is 0.220 e. The van der Waals surface area contributed by atoms with Crippen LogP contribution in [0.4, 0.5) is 5.13 Å². The molecule has 0 radical (unpaired) electrons. The maximum absolute atomic E-state index is 6.16. The summed E-state index contributed by atoms with van der Waals surface area (Å²) in [5, 5.41) is 10.4. The second-order valence-electron chi connectivity index (χ2n) is 4.36. The Morgan fingerprint density at radius 1 is 0.952 bits per heavy atom. The third kappa shape index (κ3) is 3.58. The van der Waals surface area contributed by atoms with Crippen LogP contribution in [0.25, 0.3) is 10.6 Å². The molecule has 0 spiro atoms. The van der Waals surface area contributed by atoms with Crippen molar-refractivity contribution in [2.24, 2.45) is 0 Å². The molecular weight excluding hydrogens is 304 g/mol. The van der Waals surface area contributed by atoms with E-state index >= 15 is 0 Å². The van der Waals surface area contributed by atoms with Crippen molar-refractivity contribution in [3.8, 4) is 10.6 Å². The summed E-state index contributed by atoms with van der Waals surface area (Å²) in [5.41, 5.74) is 8.27. The van der Waals surface area contributed by atoms with E-state index in [1.165, 1.54) is 16.9 Å². The Kier molecular flexibility index (Phi) is 4.45. The van der Waals surface area contributed by atoms with Gasteiger partial charge in [-0.2, -0.15) is 0 Å². The van der Waals surface area contributed by atoms with E-state index in [0.29, 0.717) is 16.7 Å². The van der Waals surface area contributed by atoms with Crippen molar-refractivity contribution in [2.75, 3.05) is 5.43 Å². The molecule has 0 aliphatic carbocycles. The zero-order valence-electron chi connectivity index (χ0n) is 11.1. The molecule has 1 aromatic heterocycles. The number of hydrogen-bond acceptors (Lipinski definition) is 5. The molecule has 0 saturated heterocycles. The molecule has 0 fully saturated rings. The molecule has 2 N–H and O–H groups in total. The van der Waals surface area contributed by atoms with E-state index in [1.807, 2.05) is 42.5 Å². The van der Waals surface area contributed by atoms with Crippen molar-refractivity contribution >= 4 is 28.1 Å². The van der Waals surface area contributed by atoms with Gasteiger partial charge in [-0.25, -0.2) is 5.43 Å². The van der Waals surface area contributed by atoms with Gasteiger partial charge in [0.25, 0.3) is 0 Å². The first kappa shape index (κ1) is 14.0. The Balaban J connectivity index is 1.62. The van der Waals surface area contributed by atoms with E-state index in [1.54, 1.807) is 0 Å². The molecule has 0 saturated carbocycles. The van der Waals surface area contributed by atoms with Gasteiger partial charge in [0.15, 0.2) is 5.01 Å². The summed E-state index contributed by atoms with van der Waals surface area (Å²) in [6.45, 7) is 0.710. The van der Waals surface area contributed by atoms with E-state index in [9.17, 15) is 0 Å². The number of hydrazine groups is 1. The van der Waals surface area contributed by atoms with Crippen LogP contribution >= 0.6 is 22.9 Å². The molecule has 0 bridgehead atoms. The summed E-state index contributed by atoms with van der Waals surface area (Å²) < 4.78 is 0. The predicted octanol–water partition coefficient (Wildman–Crippen LogP) is 3.98. The summed E-state index contributed by atoms with van der Waals surface area (Å²) in [6.07, 6.45) is 0. The van der Waals surface area contributed by atoms with Crippen molar-refractivity contribution in [2.45, 2.75) is 6.54 Å². The zero-order valence-corrected chi connectivity index (χ0v) is 12.7. The Labute approximate surface area is 131 Å². The highest BCUT2D eigenvalue weighted by molar-refractivity contribution is 7.18. The first-order valence-electron chi connectivity index (χ1n) is 6.44. The van der Waals surface area contributed by atoms with Crippen LogP contribution in [0.15, 0.2) is 54.6 Å². The quantitative estimate of drug-likeness (QED) is 0.699. The first-order valence-corrected chi connectivity index (χ1v) is 7.63. The Hall–Kier alpha value is -1.95. The lowest BCUT2D eigenvalue weighted by molar-refractivity contribution is 0.795. The molecule has 2 aromatic carbocycles. The highest BCUT2D eigenvalue weighted by atomic mass is 35.5. The maximum atomic E-state index is 6.16. The average Bonchev–Trinajstić information content (AvgIpc) is 2.97. The van der Waals surface area contributed by atoms with Crippen molar-refractivity contribution < 1.29 is 0 Å². The number of benzene rings is 2. The minimum Gasteiger partial charge on any atom is -0.295 e. The predicted molar refractivity (Wildman–Crippen MR) is 87.3 cm³/mol. The number of nitrogens with one attached hydrogen (secondary N) is 2. The van der Waals surface area contributed by atoms with E-state index in [2.05, 4.69) is 33.2 Å². The molecule has 106 valence electrons. The standard InChI is InChI=1S/C15H13ClN4S/c16-13-9-5-4-8-12(13)14-18-20-15(21-14)19-17-10-11-6-2-1-3-7-11/h1-9,17H,10H2,(H,19,20). The van der Waals surface area contributed by atoms with E-state index in [4.69, 9.17) is 11.6 Å². The van der Waals surface area contributed by atoms with Crippen molar-refractivity contribution in [1.29, 1.82) is 0 Å². The van der Waals surface area contributed by atoms with Gasteiger partial charge in [0, 0.05) is 12.1 Å². The number of hydrogen-bond donors (Lipinski definition) is 2. The Morgan fingerprint density at radius 3 is 2.52 bits per heavy atom. The van der Waals surface area contributed by atoms with Crippen LogP contribution in [-0.2, 0) is 6.54 Å². The minimum atomic E-state index is 0.678. The lowest BCUT2D eigenvalue weighted by atomic mass is 10.2. The van der Waals surface area contributed by atoms with Crippen LogP contribution in [-0.4, -0.2) is 10.2 Å². The van der Waals surface area contributed by atoms with Gasteiger partial charge in [-0.3, -0.25) is 5.43 Å². The molecule has 21 heavy (non-hydrogen) atoms. The lowest BCUT2D eigenvalue weighted by Gasteiger charge is -2.04. The third-order valence-electron chi connectivity index (χ3n) is 2.86. The average molecular weight is 317 g/mol. The highest BCUT2D eigenvalue weighted by Crippen LogP contribution is 2.31.